The highest BCUT2D eigenvalue weighted by atomic mass is 35.5. The molecule has 0 amide bonds. The Balaban J connectivity index is 0.000000152. The van der Waals surface area contributed by atoms with Crippen LogP contribution in [0.25, 0.3) is 87.1 Å². The minimum atomic E-state index is -0.369. The summed E-state index contributed by atoms with van der Waals surface area (Å²) in [5.74, 6) is 3.77. The molecule has 0 aliphatic rings. The van der Waals surface area contributed by atoms with Crippen LogP contribution in [0.4, 0.5) is 4.39 Å². The molecule has 0 fully saturated rings. The van der Waals surface area contributed by atoms with Crippen LogP contribution in [0, 0.1) is 61.2 Å². The molecule has 0 aliphatic carbocycles. The van der Waals surface area contributed by atoms with Crippen molar-refractivity contribution in [3.05, 3.63) is 324 Å². The summed E-state index contributed by atoms with van der Waals surface area (Å²) in [5.41, 5.74) is 27.8. The van der Waals surface area contributed by atoms with Crippen LogP contribution in [-0.2, 0) is 0 Å². The van der Waals surface area contributed by atoms with Crippen molar-refractivity contribution in [3.8, 4) is 0 Å². The number of pyridine rings is 5. The van der Waals surface area contributed by atoms with E-state index < -0.39 is 0 Å². The van der Waals surface area contributed by atoms with E-state index in [-0.39, 0.29) is 10.8 Å². The van der Waals surface area contributed by atoms with Crippen LogP contribution < -0.4 is 0 Å². The molecule has 600 valence electrons. The Bertz CT molecular complexity index is 5740. The molecular formula is C103H115Cl3FN9. The van der Waals surface area contributed by atoms with Gasteiger partial charge in [0, 0.05) is 90.6 Å². The molecule has 0 unspecified atom stereocenters. The lowest BCUT2D eigenvalue weighted by molar-refractivity contribution is 0.639. The standard InChI is InChI=1S/C14H15Cl.C13H13ClFN.C13H14ClN.3C13H15N.2C12H14N2/c1-9(2)14-8-12-7-13(15)5-4-11(12)6-10(14)3;1-7(2)9-6-16-11-5-4-10(14)13(15)12(11)8(9)3;1-8(2)12-7-15-13-5-4-10(14)6-11(13)9(12)3;1-9(2)13-10(3)6-7-12-11(13)5-4-8-14-12;1-9(2)12-8-13-11(7-10(12)3)5-4-6-14-13;1-9(2)12-8-11-6-4-5-7-13(11)14-10(12)3;1-8(2)11-5-12-10(4-9(11)3)6-13-7-14-12;1-8(2)12-9(3)4-5-11-10(12)6-13-7-14-11/h4-9H,1-3H3;4-7H,1-3H3;4-8H,1-3H3;3*4-9H,1-3H3;2*4-8H,1-3H3. The van der Waals surface area contributed by atoms with Crippen molar-refractivity contribution in [2.24, 2.45) is 0 Å². The fourth-order valence-electron chi connectivity index (χ4n) is 15.4. The number of aromatic nitrogens is 9. The Hall–Kier alpha value is -10.2. The number of rotatable bonds is 8. The zero-order valence-corrected chi connectivity index (χ0v) is 74.6. The smallest absolute Gasteiger partial charge is 0.151 e. The molecule has 7 aromatic heterocycles. The van der Waals surface area contributed by atoms with Crippen LogP contribution in [-0.4, -0.2) is 44.9 Å². The second-order valence-corrected chi connectivity index (χ2v) is 34.0. The van der Waals surface area contributed by atoms with E-state index in [1.54, 1.807) is 24.8 Å². The third-order valence-electron chi connectivity index (χ3n) is 21.3. The molecule has 16 rings (SSSR count). The van der Waals surface area contributed by atoms with E-state index in [1.165, 1.54) is 105 Å². The first-order valence-electron chi connectivity index (χ1n) is 40.6. The van der Waals surface area contributed by atoms with E-state index in [9.17, 15) is 4.39 Å². The molecule has 0 N–H and O–H groups in total. The zero-order valence-electron chi connectivity index (χ0n) is 72.4. The van der Waals surface area contributed by atoms with Gasteiger partial charge in [-0.05, 0) is 300 Å². The Morgan fingerprint density at radius 2 is 0.724 bits per heavy atom. The Kier molecular flexibility index (Phi) is 31.7. The van der Waals surface area contributed by atoms with Gasteiger partial charge in [-0.3, -0.25) is 24.9 Å². The highest BCUT2D eigenvalue weighted by Crippen LogP contribution is 2.35. The lowest BCUT2D eigenvalue weighted by Crippen LogP contribution is -1.97. The van der Waals surface area contributed by atoms with Gasteiger partial charge in [0.2, 0.25) is 0 Å². The topological polar surface area (TPSA) is 116 Å². The molecule has 0 bridgehead atoms. The van der Waals surface area contributed by atoms with Crippen LogP contribution in [0.2, 0.25) is 15.1 Å². The van der Waals surface area contributed by atoms with E-state index >= 15 is 0 Å². The summed E-state index contributed by atoms with van der Waals surface area (Å²) in [6.45, 7) is 52.0. The molecule has 13 heteroatoms. The van der Waals surface area contributed by atoms with Crippen molar-refractivity contribution in [1.29, 1.82) is 0 Å². The fraction of sp³-hybridized carbons (Fsp3) is 0.311. The van der Waals surface area contributed by atoms with Crippen LogP contribution in [0.15, 0.2) is 214 Å². The van der Waals surface area contributed by atoms with Gasteiger partial charge in [0.25, 0.3) is 0 Å². The SMILES string of the molecule is Cc1c(C(C)C)cnc2ccc(Cl)c(F)c12.Cc1c(C(C)C)cnc2ccc(Cl)cc12.Cc1cc2ccc(Cl)cc2cc1C(C)C.Cc1cc2cccnc2cc1C(C)C.Cc1cc2cncnc2cc1C(C)C.Cc1ccc2ncccc2c1C(C)C.Cc1ccc2ncncc2c1C(C)C.Cc1nc2ccccc2cc1C(C)C. The highest BCUT2D eigenvalue weighted by molar-refractivity contribution is 6.32. The van der Waals surface area contributed by atoms with Crippen LogP contribution in [0.5, 0.6) is 0 Å². The monoisotopic (exact) mass is 1600 g/mol. The van der Waals surface area contributed by atoms with Crippen molar-refractivity contribution >= 4 is 122 Å². The predicted octanol–water partition coefficient (Wildman–Crippen LogP) is 30.8. The van der Waals surface area contributed by atoms with Crippen LogP contribution in [0.1, 0.15) is 247 Å². The molecule has 0 aliphatic heterocycles. The number of halogens is 4. The van der Waals surface area contributed by atoms with Gasteiger partial charge in [0.15, 0.2) is 5.82 Å². The Morgan fingerprint density at radius 3 is 1.33 bits per heavy atom. The van der Waals surface area contributed by atoms with E-state index in [2.05, 4.69) is 307 Å². The fourth-order valence-corrected chi connectivity index (χ4v) is 15.9. The molecule has 9 nitrogen and oxygen atoms in total. The normalized spacial score (nSPS) is 11.2. The van der Waals surface area contributed by atoms with Crippen molar-refractivity contribution in [2.75, 3.05) is 0 Å². The lowest BCUT2D eigenvalue weighted by Gasteiger charge is -2.12. The Labute approximate surface area is 703 Å². The molecule has 16 aromatic rings. The van der Waals surface area contributed by atoms with Crippen molar-refractivity contribution in [2.45, 2.75) is 214 Å². The van der Waals surface area contributed by atoms with Gasteiger partial charge < -0.3 is 0 Å². The molecule has 7 heterocycles. The summed E-state index contributed by atoms with van der Waals surface area (Å²) in [6, 6.07) is 55.6. The number of nitrogens with zero attached hydrogens (tertiary/aromatic N) is 9. The minimum absolute atomic E-state index is 0.151. The summed E-state index contributed by atoms with van der Waals surface area (Å²) < 4.78 is 13.9. The van der Waals surface area contributed by atoms with Crippen molar-refractivity contribution in [1.82, 2.24) is 44.9 Å². The first kappa shape index (κ1) is 89.7. The third kappa shape index (κ3) is 22.7. The summed E-state index contributed by atoms with van der Waals surface area (Å²) >= 11 is 17.8. The molecule has 0 saturated heterocycles. The maximum absolute atomic E-state index is 13.9. The number of fused-ring (bicyclic) bond motifs is 8. The molecule has 0 spiro atoms. The largest absolute Gasteiger partial charge is 0.256 e. The zero-order chi connectivity index (χ0) is 84.5. The second kappa shape index (κ2) is 41.1. The number of hydrogen-bond donors (Lipinski definition) is 0. The van der Waals surface area contributed by atoms with E-state index in [0.717, 1.165) is 70.7 Å². The molecule has 0 saturated carbocycles. The van der Waals surface area contributed by atoms with Crippen molar-refractivity contribution in [3.63, 3.8) is 0 Å². The van der Waals surface area contributed by atoms with Gasteiger partial charge in [0.05, 0.1) is 43.6 Å². The van der Waals surface area contributed by atoms with Crippen LogP contribution in [0.3, 0.4) is 0 Å². The second-order valence-electron chi connectivity index (χ2n) is 32.7. The summed E-state index contributed by atoms with van der Waals surface area (Å²) in [6.07, 6.45) is 14.4. The molecule has 0 atom stereocenters. The third-order valence-corrected chi connectivity index (χ3v) is 22.0. The van der Waals surface area contributed by atoms with Gasteiger partial charge in [-0.15, -0.1) is 0 Å². The summed E-state index contributed by atoms with van der Waals surface area (Å²) in [7, 11) is 0. The molecular weight excluding hydrogens is 1490 g/mol. The van der Waals surface area contributed by atoms with E-state index in [4.69, 9.17) is 34.8 Å². The average Bonchev–Trinajstić information content (AvgIpc) is 0.794. The summed E-state index contributed by atoms with van der Waals surface area (Å²) in [5, 5.41) is 12.0. The van der Waals surface area contributed by atoms with E-state index in [0.29, 0.717) is 58.2 Å². The van der Waals surface area contributed by atoms with Crippen LogP contribution >= 0.6 is 34.8 Å². The van der Waals surface area contributed by atoms with Gasteiger partial charge in [-0.1, -0.05) is 206 Å². The highest BCUT2D eigenvalue weighted by Gasteiger charge is 2.17. The van der Waals surface area contributed by atoms with Gasteiger partial charge in [-0.25, -0.2) is 24.3 Å². The first-order valence-corrected chi connectivity index (χ1v) is 41.7. The van der Waals surface area contributed by atoms with Gasteiger partial charge >= 0.3 is 0 Å². The lowest BCUT2D eigenvalue weighted by atomic mass is 9.94. The van der Waals surface area contributed by atoms with Gasteiger partial charge in [-0.2, -0.15) is 0 Å². The number of para-hydroxylation sites is 1. The molecule has 116 heavy (non-hydrogen) atoms. The number of hydrogen-bond acceptors (Lipinski definition) is 9. The minimum Gasteiger partial charge on any atom is -0.256 e. The van der Waals surface area contributed by atoms with E-state index in [1.807, 2.05) is 92.6 Å². The quantitative estimate of drug-likeness (QED) is 0.147. The number of benzene rings is 9. The summed E-state index contributed by atoms with van der Waals surface area (Å²) in [4.78, 5) is 38.7. The Morgan fingerprint density at radius 1 is 0.284 bits per heavy atom. The molecule has 0 radical (unpaired) electrons. The van der Waals surface area contributed by atoms with Gasteiger partial charge in [0.1, 0.15) is 12.7 Å². The number of aryl methyl sites for hydroxylation is 8. The molecule has 9 aromatic carbocycles. The average molecular weight is 1600 g/mol. The maximum Gasteiger partial charge on any atom is 0.151 e. The predicted molar refractivity (Wildman–Crippen MR) is 497 cm³/mol. The van der Waals surface area contributed by atoms with Crippen molar-refractivity contribution < 1.29 is 4.39 Å². The first-order chi connectivity index (χ1) is 55.1. The maximum atomic E-state index is 13.9.